The lowest BCUT2D eigenvalue weighted by atomic mass is 9.88. The zero-order valence-corrected chi connectivity index (χ0v) is 11.3. The maximum atomic E-state index is 9.02. The first-order valence-electron chi connectivity index (χ1n) is 6.21. The number of aliphatic hydroxyl groups excluding tert-OH is 1. The Kier molecular flexibility index (Phi) is 5.11. The van der Waals surface area contributed by atoms with E-state index < -0.39 is 0 Å². The summed E-state index contributed by atoms with van der Waals surface area (Å²) in [6.45, 7) is 7.13. The van der Waals surface area contributed by atoms with Gasteiger partial charge in [0.15, 0.2) is 0 Å². The van der Waals surface area contributed by atoms with Gasteiger partial charge in [-0.25, -0.2) is 4.98 Å². The highest BCUT2D eigenvalue weighted by atomic mass is 16.2. The third kappa shape index (κ3) is 4.34. The van der Waals surface area contributed by atoms with Crippen molar-refractivity contribution in [2.24, 2.45) is 5.41 Å². The standard InChI is InChI=1S/C14H21N3O/c1-11-5-6-12(9-15)13(17-11)16-10-14(2,3)7-4-8-18/h5-6,18H,4,7-8,10H2,1-3H3,(H,16,17). The first-order valence-corrected chi connectivity index (χ1v) is 6.21. The van der Waals surface area contributed by atoms with Gasteiger partial charge in [0.1, 0.15) is 11.9 Å². The summed E-state index contributed by atoms with van der Waals surface area (Å²) in [6, 6.07) is 5.75. The van der Waals surface area contributed by atoms with Crippen LogP contribution in [-0.4, -0.2) is 23.2 Å². The van der Waals surface area contributed by atoms with Crippen LogP contribution in [0.15, 0.2) is 12.1 Å². The highest BCUT2D eigenvalue weighted by molar-refractivity contribution is 5.52. The van der Waals surface area contributed by atoms with Crippen molar-refractivity contribution in [3.05, 3.63) is 23.4 Å². The molecule has 98 valence electrons. The van der Waals surface area contributed by atoms with Crippen molar-refractivity contribution in [1.82, 2.24) is 4.98 Å². The Bertz CT molecular complexity index is 435. The molecule has 2 N–H and O–H groups in total. The van der Waals surface area contributed by atoms with E-state index in [2.05, 4.69) is 30.2 Å². The summed E-state index contributed by atoms with van der Waals surface area (Å²) >= 11 is 0. The van der Waals surface area contributed by atoms with Crippen LogP contribution in [0, 0.1) is 23.7 Å². The molecule has 0 fully saturated rings. The molecule has 0 bridgehead atoms. The zero-order chi connectivity index (χ0) is 13.6. The molecule has 0 aromatic carbocycles. The molecule has 0 aliphatic rings. The molecule has 0 amide bonds. The molecule has 0 aliphatic carbocycles. The predicted molar refractivity (Wildman–Crippen MR) is 72.3 cm³/mol. The Hall–Kier alpha value is -1.60. The fourth-order valence-corrected chi connectivity index (χ4v) is 1.75. The van der Waals surface area contributed by atoms with E-state index in [9.17, 15) is 0 Å². The van der Waals surface area contributed by atoms with Gasteiger partial charge in [0.2, 0.25) is 0 Å². The fraction of sp³-hybridized carbons (Fsp3) is 0.571. The Morgan fingerprint density at radius 3 is 2.78 bits per heavy atom. The van der Waals surface area contributed by atoms with E-state index >= 15 is 0 Å². The van der Waals surface area contributed by atoms with Crippen molar-refractivity contribution in [3.8, 4) is 6.07 Å². The summed E-state index contributed by atoms with van der Waals surface area (Å²) in [7, 11) is 0. The number of aryl methyl sites for hydroxylation is 1. The monoisotopic (exact) mass is 247 g/mol. The molecular formula is C14H21N3O. The van der Waals surface area contributed by atoms with Gasteiger partial charge in [-0.05, 0) is 37.3 Å². The molecule has 0 saturated heterocycles. The van der Waals surface area contributed by atoms with Gasteiger partial charge in [0, 0.05) is 18.8 Å². The molecule has 0 spiro atoms. The largest absolute Gasteiger partial charge is 0.396 e. The smallest absolute Gasteiger partial charge is 0.144 e. The second kappa shape index (κ2) is 6.36. The second-order valence-electron chi connectivity index (χ2n) is 5.31. The third-order valence-corrected chi connectivity index (χ3v) is 2.90. The van der Waals surface area contributed by atoms with Crippen molar-refractivity contribution < 1.29 is 5.11 Å². The van der Waals surface area contributed by atoms with Crippen LogP contribution < -0.4 is 5.32 Å². The molecule has 0 unspecified atom stereocenters. The molecule has 0 aliphatic heterocycles. The van der Waals surface area contributed by atoms with Crippen LogP contribution in [0.4, 0.5) is 5.82 Å². The lowest BCUT2D eigenvalue weighted by Crippen LogP contribution is -2.24. The average Bonchev–Trinajstić information content (AvgIpc) is 2.34. The topological polar surface area (TPSA) is 68.9 Å². The van der Waals surface area contributed by atoms with Crippen molar-refractivity contribution in [3.63, 3.8) is 0 Å². The van der Waals surface area contributed by atoms with Crippen molar-refractivity contribution in [1.29, 1.82) is 5.26 Å². The van der Waals surface area contributed by atoms with Crippen LogP contribution in [0.2, 0.25) is 0 Å². The van der Waals surface area contributed by atoms with Gasteiger partial charge in [-0.1, -0.05) is 13.8 Å². The minimum Gasteiger partial charge on any atom is -0.396 e. The number of nitrogens with one attached hydrogen (secondary N) is 1. The van der Waals surface area contributed by atoms with E-state index in [0.717, 1.165) is 25.1 Å². The van der Waals surface area contributed by atoms with Crippen molar-refractivity contribution in [2.75, 3.05) is 18.5 Å². The normalized spacial score (nSPS) is 11.1. The predicted octanol–water partition coefficient (Wildman–Crippen LogP) is 2.47. The maximum Gasteiger partial charge on any atom is 0.144 e. The van der Waals surface area contributed by atoms with Gasteiger partial charge in [0.05, 0.1) is 5.56 Å². The molecule has 18 heavy (non-hydrogen) atoms. The summed E-state index contributed by atoms with van der Waals surface area (Å²) in [6.07, 6.45) is 1.73. The SMILES string of the molecule is Cc1ccc(C#N)c(NCC(C)(C)CCCO)n1. The van der Waals surface area contributed by atoms with Crippen molar-refractivity contribution in [2.45, 2.75) is 33.6 Å². The van der Waals surface area contributed by atoms with E-state index in [1.54, 1.807) is 6.07 Å². The Morgan fingerprint density at radius 1 is 1.44 bits per heavy atom. The number of aliphatic hydroxyl groups is 1. The van der Waals surface area contributed by atoms with Gasteiger partial charge in [0.25, 0.3) is 0 Å². The van der Waals surface area contributed by atoms with E-state index in [1.165, 1.54) is 0 Å². The molecule has 1 aromatic heterocycles. The second-order valence-corrected chi connectivity index (χ2v) is 5.31. The van der Waals surface area contributed by atoms with Crippen LogP contribution >= 0.6 is 0 Å². The Balaban J connectivity index is 2.68. The number of pyridine rings is 1. The lowest BCUT2D eigenvalue weighted by Gasteiger charge is -2.25. The summed E-state index contributed by atoms with van der Waals surface area (Å²) < 4.78 is 0. The van der Waals surface area contributed by atoms with Crippen LogP contribution in [0.3, 0.4) is 0 Å². The minimum absolute atomic E-state index is 0.0703. The maximum absolute atomic E-state index is 9.02. The minimum atomic E-state index is 0.0703. The van der Waals surface area contributed by atoms with Crippen LogP contribution in [0.25, 0.3) is 0 Å². The summed E-state index contributed by atoms with van der Waals surface area (Å²) in [4.78, 5) is 4.34. The van der Waals surface area contributed by atoms with Gasteiger partial charge in [-0.2, -0.15) is 5.26 Å². The van der Waals surface area contributed by atoms with Gasteiger partial charge in [-0.15, -0.1) is 0 Å². The number of anilines is 1. The first-order chi connectivity index (χ1) is 8.48. The Labute approximate surface area is 109 Å². The fourth-order valence-electron chi connectivity index (χ4n) is 1.75. The van der Waals surface area contributed by atoms with Gasteiger partial charge in [-0.3, -0.25) is 0 Å². The quantitative estimate of drug-likeness (QED) is 0.810. The van der Waals surface area contributed by atoms with E-state index in [4.69, 9.17) is 10.4 Å². The third-order valence-electron chi connectivity index (χ3n) is 2.90. The zero-order valence-electron chi connectivity index (χ0n) is 11.3. The lowest BCUT2D eigenvalue weighted by molar-refractivity contribution is 0.248. The molecule has 1 heterocycles. The highest BCUT2D eigenvalue weighted by Gasteiger charge is 2.18. The molecule has 4 nitrogen and oxygen atoms in total. The number of hydrogen-bond acceptors (Lipinski definition) is 4. The average molecular weight is 247 g/mol. The molecule has 1 rings (SSSR count). The molecule has 1 aromatic rings. The number of nitrogens with zero attached hydrogens (tertiary/aromatic N) is 2. The number of rotatable bonds is 6. The van der Waals surface area contributed by atoms with Gasteiger partial charge < -0.3 is 10.4 Å². The summed E-state index contributed by atoms with van der Waals surface area (Å²) in [5, 5.41) is 21.1. The van der Waals surface area contributed by atoms with Crippen LogP contribution in [-0.2, 0) is 0 Å². The summed E-state index contributed by atoms with van der Waals surface area (Å²) in [5.74, 6) is 0.648. The molecule has 0 atom stereocenters. The van der Waals surface area contributed by atoms with Crippen LogP contribution in [0.1, 0.15) is 37.9 Å². The van der Waals surface area contributed by atoms with E-state index in [0.29, 0.717) is 11.4 Å². The first kappa shape index (κ1) is 14.5. The molecule has 4 heteroatoms. The summed E-state index contributed by atoms with van der Waals surface area (Å²) in [5.41, 5.74) is 1.53. The molecule has 0 saturated carbocycles. The van der Waals surface area contributed by atoms with Gasteiger partial charge >= 0.3 is 0 Å². The van der Waals surface area contributed by atoms with Crippen LogP contribution in [0.5, 0.6) is 0 Å². The number of aromatic nitrogens is 1. The van der Waals surface area contributed by atoms with E-state index in [1.807, 2.05) is 13.0 Å². The number of nitriles is 1. The van der Waals surface area contributed by atoms with Crippen molar-refractivity contribution >= 4 is 5.82 Å². The molecular weight excluding hydrogens is 226 g/mol. The Morgan fingerprint density at radius 2 is 2.17 bits per heavy atom. The van der Waals surface area contributed by atoms with E-state index in [-0.39, 0.29) is 12.0 Å². The highest BCUT2D eigenvalue weighted by Crippen LogP contribution is 2.23. The molecule has 0 radical (unpaired) electrons. The number of hydrogen-bond donors (Lipinski definition) is 2.